The number of rotatable bonds is 7. The minimum Gasteiger partial charge on any atom is -0.374 e. The molecule has 0 amide bonds. The lowest BCUT2D eigenvalue weighted by atomic mass is 9.87. The number of hydrogen-bond donors (Lipinski definition) is 1. The van der Waals surface area contributed by atoms with Crippen LogP contribution in [0.1, 0.15) is 43.9 Å². The Kier molecular flexibility index (Phi) is 6.02. The van der Waals surface area contributed by atoms with E-state index in [9.17, 15) is 0 Å². The van der Waals surface area contributed by atoms with Gasteiger partial charge in [0.05, 0.1) is 5.60 Å². The molecule has 1 aromatic rings. The SMILES string of the molecule is CCOC(C)(CC)C(Cc1ccc(C)c(C)c1)NC. The largest absolute Gasteiger partial charge is 0.374 e. The zero-order chi connectivity index (χ0) is 14.5. The summed E-state index contributed by atoms with van der Waals surface area (Å²) in [7, 11) is 2.03. The van der Waals surface area contributed by atoms with Gasteiger partial charge in [0, 0.05) is 12.6 Å². The van der Waals surface area contributed by atoms with Gasteiger partial charge in [0.2, 0.25) is 0 Å². The molecule has 0 saturated heterocycles. The molecular weight excluding hydrogens is 234 g/mol. The third-order valence-electron chi connectivity index (χ3n) is 4.27. The van der Waals surface area contributed by atoms with Crippen molar-refractivity contribution in [2.75, 3.05) is 13.7 Å². The second-order valence-corrected chi connectivity index (χ2v) is 5.56. The summed E-state index contributed by atoms with van der Waals surface area (Å²) in [6.07, 6.45) is 2.01. The van der Waals surface area contributed by atoms with E-state index in [1.807, 2.05) is 7.05 Å². The molecule has 1 rings (SSSR count). The van der Waals surface area contributed by atoms with Gasteiger partial charge in [0.1, 0.15) is 0 Å². The molecule has 1 aromatic carbocycles. The second kappa shape index (κ2) is 7.06. The van der Waals surface area contributed by atoms with Crippen LogP contribution in [0.2, 0.25) is 0 Å². The summed E-state index contributed by atoms with van der Waals surface area (Å²) in [6, 6.07) is 7.07. The van der Waals surface area contributed by atoms with E-state index in [1.54, 1.807) is 0 Å². The number of benzene rings is 1. The molecule has 0 saturated carbocycles. The maximum absolute atomic E-state index is 6.00. The molecule has 0 bridgehead atoms. The van der Waals surface area contributed by atoms with Gasteiger partial charge in [-0.15, -0.1) is 0 Å². The van der Waals surface area contributed by atoms with Crippen molar-refractivity contribution in [2.45, 2.75) is 59.1 Å². The van der Waals surface area contributed by atoms with Gasteiger partial charge < -0.3 is 10.1 Å². The van der Waals surface area contributed by atoms with E-state index in [1.165, 1.54) is 16.7 Å². The third-order valence-corrected chi connectivity index (χ3v) is 4.27. The Morgan fingerprint density at radius 1 is 1.21 bits per heavy atom. The fourth-order valence-corrected chi connectivity index (χ4v) is 2.57. The van der Waals surface area contributed by atoms with E-state index >= 15 is 0 Å². The third kappa shape index (κ3) is 4.05. The van der Waals surface area contributed by atoms with Crippen molar-refractivity contribution in [3.63, 3.8) is 0 Å². The Hall–Kier alpha value is -0.860. The highest BCUT2D eigenvalue weighted by atomic mass is 16.5. The first-order valence-electron chi connectivity index (χ1n) is 7.34. The highest BCUT2D eigenvalue weighted by Crippen LogP contribution is 2.23. The van der Waals surface area contributed by atoms with Crippen molar-refractivity contribution in [1.82, 2.24) is 5.32 Å². The summed E-state index contributed by atoms with van der Waals surface area (Å²) < 4.78 is 6.00. The fraction of sp³-hybridized carbons (Fsp3) is 0.647. The topological polar surface area (TPSA) is 21.3 Å². The lowest BCUT2D eigenvalue weighted by Gasteiger charge is -2.37. The van der Waals surface area contributed by atoms with Gasteiger partial charge >= 0.3 is 0 Å². The van der Waals surface area contributed by atoms with Crippen LogP contribution in [0, 0.1) is 13.8 Å². The van der Waals surface area contributed by atoms with Gasteiger partial charge in [-0.2, -0.15) is 0 Å². The molecule has 19 heavy (non-hydrogen) atoms. The van der Waals surface area contributed by atoms with Crippen molar-refractivity contribution in [3.8, 4) is 0 Å². The molecular formula is C17H29NO. The minimum atomic E-state index is -0.109. The minimum absolute atomic E-state index is 0.109. The first-order valence-corrected chi connectivity index (χ1v) is 7.34. The summed E-state index contributed by atoms with van der Waals surface area (Å²) in [4.78, 5) is 0. The maximum Gasteiger partial charge on any atom is 0.0807 e. The van der Waals surface area contributed by atoms with Crippen molar-refractivity contribution in [2.24, 2.45) is 0 Å². The summed E-state index contributed by atoms with van der Waals surface area (Å²) in [5.74, 6) is 0. The average Bonchev–Trinajstić information content (AvgIpc) is 2.40. The van der Waals surface area contributed by atoms with Crippen LogP contribution >= 0.6 is 0 Å². The average molecular weight is 263 g/mol. The monoisotopic (exact) mass is 263 g/mol. The molecule has 0 aliphatic carbocycles. The maximum atomic E-state index is 6.00. The van der Waals surface area contributed by atoms with Crippen LogP contribution in [0.3, 0.4) is 0 Å². The molecule has 0 heterocycles. The number of ether oxygens (including phenoxy) is 1. The summed E-state index contributed by atoms with van der Waals surface area (Å²) >= 11 is 0. The van der Waals surface area contributed by atoms with Crippen molar-refractivity contribution >= 4 is 0 Å². The Labute approximate surface area is 118 Å². The van der Waals surface area contributed by atoms with Crippen molar-refractivity contribution < 1.29 is 4.74 Å². The van der Waals surface area contributed by atoms with Crippen LogP contribution in [0.15, 0.2) is 18.2 Å². The fourth-order valence-electron chi connectivity index (χ4n) is 2.57. The predicted octanol–water partition coefficient (Wildman–Crippen LogP) is 3.64. The molecule has 108 valence electrons. The number of aryl methyl sites for hydroxylation is 2. The Morgan fingerprint density at radius 3 is 2.37 bits per heavy atom. The molecule has 0 radical (unpaired) electrons. The zero-order valence-corrected chi connectivity index (χ0v) is 13.3. The Balaban J connectivity index is 2.88. The predicted molar refractivity (Wildman–Crippen MR) is 82.8 cm³/mol. The van der Waals surface area contributed by atoms with Crippen molar-refractivity contribution in [3.05, 3.63) is 34.9 Å². The lowest BCUT2D eigenvalue weighted by Crippen LogP contribution is -2.50. The molecule has 0 aliphatic heterocycles. The van der Waals surface area contributed by atoms with E-state index in [4.69, 9.17) is 4.74 Å². The molecule has 0 fully saturated rings. The molecule has 0 aromatic heterocycles. The molecule has 2 nitrogen and oxygen atoms in total. The first kappa shape index (κ1) is 16.2. The molecule has 0 aliphatic rings. The lowest BCUT2D eigenvalue weighted by molar-refractivity contribution is -0.0534. The summed E-state index contributed by atoms with van der Waals surface area (Å²) in [5.41, 5.74) is 3.99. The van der Waals surface area contributed by atoms with Gasteiger partial charge in [0.15, 0.2) is 0 Å². The van der Waals surface area contributed by atoms with Gasteiger partial charge in [-0.1, -0.05) is 25.1 Å². The van der Waals surface area contributed by atoms with E-state index in [-0.39, 0.29) is 5.60 Å². The highest BCUT2D eigenvalue weighted by molar-refractivity contribution is 5.30. The van der Waals surface area contributed by atoms with Crippen LogP contribution in [0.25, 0.3) is 0 Å². The summed E-state index contributed by atoms with van der Waals surface area (Å²) in [5, 5.41) is 3.44. The summed E-state index contributed by atoms with van der Waals surface area (Å²) in [6.45, 7) is 11.6. The molecule has 0 spiro atoms. The highest BCUT2D eigenvalue weighted by Gasteiger charge is 2.32. The van der Waals surface area contributed by atoms with Crippen LogP contribution in [0.4, 0.5) is 0 Å². The second-order valence-electron chi connectivity index (χ2n) is 5.56. The van der Waals surface area contributed by atoms with Gasteiger partial charge in [0.25, 0.3) is 0 Å². The Morgan fingerprint density at radius 2 is 1.89 bits per heavy atom. The van der Waals surface area contributed by atoms with Gasteiger partial charge in [-0.25, -0.2) is 0 Å². The van der Waals surface area contributed by atoms with Crippen LogP contribution < -0.4 is 5.32 Å². The number of nitrogens with one attached hydrogen (secondary N) is 1. The zero-order valence-electron chi connectivity index (χ0n) is 13.3. The molecule has 2 atom stereocenters. The van der Waals surface area contributed by atoms with E-state index in [2.05, 4.69) is 58.1 Å². The van der Waals surface area contributed by atoms with E-state index in [0.29, 0.717) is 6.04 Å². The smallest absolute Gasteiger partial charge is 0.0807 e. The van der Waals surface area contributed by atoms with Gasteiger partial charge in [-0.05, 0) is 64.3 Å². The molecule has 2 unspecified atom stereocenters. The van der Waals surface area contributed by atoms with E-state index < -0.39 is 0 Å². The molecule has 2 heteroatoms. The van der Waals surface area contributed by atoms with Crippen molar-refractivity contribution in [1.29, 1.82) is 0 Å². The Bertz CT molecular complexity index is 402. The normalized spacial score (nSPS) is 16.1. The van der Waals surface area contributed by atoms with E-state index in [0.717, 1.165) is 19.4 Å². The molecule has 1 N–H and O–H groups in total. The first-order chi connectivity index (χ1) is 8.96. The number of hydrogen-bond acceptors (Lipinski definition) is 2. The number of likely N-dealkylation sites (N-methyl/N-ethyl adjacent to an activating group) is 1. The van der Waals surface area contributed by atoms with Crippen LogP contribution in [0.5, 0.6) is 0 Å². The standard InChI is InChI=1S/C17H29NO/c1-7-17(5,19-8-2)16(18-6)12-15-10-9-13(3)14(4)11-15/h9-11,16,18H,7-8,12H2,1-6H3. The van der Waals surface area contributed by atoms with Gasteiger partial charge in [-0.3, -0.25) is 0 Å². The van der Waals surface area contributed by atoms with Crippen LogP contribution in [-0.4, -0.2) is 25.3 Å². The quantitative estimate of drug-likeness (QED) is 0.811. The van der Waals surface area contributed by atoms with Crippen LogP contribution in [-0.2, 0) is 11.2 Å².